The number of alkyl halides is 1. The van der Waals surface area contributed by atoms with Crippen molar-refractivity contribution in [3.63, 3.8) is 0 Å². The summed E-state index contributed by atoms with van der Waals surface area (Å²) in [6.45, 7) is 1.75. The fourth-order valence-electron chi connectivity index (χ4n) is 0.301. The molecule has 0 aliphatic heterocycles. The first-order valence-corrected chi connectivity index (χ1v) is 3.14. The van der Waals surface area contributed by atoms with Gasteiger partial charge in [-0.3, -0.25) is 0 Å². The van der Waals surface area contributed by atoms with Gasteiger partial charge in [-0.1, -0.05) is 12.2 Å². The molecule has 0 fully saturated rings. The van der Waals surface area contributed by atoms with Gasteiger partial charge in [-0.2, -0.15) is 5.26 Å². The quantitative estimate of drug-likeness (QED) is 0.329. The summed E-state index contributed by atoms with van der Waals surface area (Å²) in [5, 5.41) is 8.25. The van der Waals surface area contributed by atoms with Crippen molar-refractivity contribution in [2.75, 3.05) is 5.88 Å². The van der Waals surface area contributed by atoms with Crippen molar-refractivity contribution in [3.05, 3.63) is 23.8 Å². The number of rotatable bonds is 2. The van der Waals surface area contributed by atoms with Gasteiger partial charge in [0.15, 0.2) is 0 Å². The highest BCUT2D eigenvalue weighted by Gasteiger charge is 1.75. The summed E-state index contributed by atoms with van der Waals surface area (Å²) in [6, 6.07) is 1.99. The molecule has 0 saturated heterocycles. The van der Waals surface area contributed by atoms with Gasteiger partial charge in [-0.15, -0.1) is 11.6 Å². The molecule has 0 amide bonds. The molecule has 0 spiro atoms. The predicted molar refractivity (Wildman–Crippen MR) is 39.2 cm³/mol. The van der Waals surface area contributed by atoms with Crippen molar-refractivity contribution in [1.29, 1.82) is 5.26 Å². The molecule has 0 heterocycles. The second kappa shape index (κ2) is 5.40. The molecule has 0 aliphatic rings. The topological polar surface area (TPSA) is 23.8 Å². The number of allylic oxidation sites excluding steroid dienone is 4. The minimum absolute atomic E-state index is 0.495. The molecule has 0 aromatic rings. The highest BCUT2D eigenvalue weighted by Crippen LogP contribution is 1.89. The summed E-state index contributed by atoms with van der Waals surface area (Å²) in [7, 11) is 0. The maximum Gasteiger partial charge on any atom is 0.0944 e. The van der Waals surface area contributed by atoms with Gasteiger partial charge in [0.25, 0.3) is 0 Å². The van der Waals surface area contributed by atoms with E-state index >= 15 is 0 Å². The Labute approximate surface area is 60.2 Å². The highest BCUT2D eigenvalue weighted by atomic mass is 35.5. The summed E-state index contributed by atoms with van der Waals surface area (Å²) in [5.74, 6) is 0.495. The normalized spacial score (nSPS) is 11.9. The molecule has 0 N–H and O–H groups in total. The molecule has 0 aliphatic carbocycles. The van der Waals surface area contributed by atoms with E-state index < -0.39 is 0 Å². The first-order chi connectivity index (χ1) is 4.31. The first kappa shape index (κ1) is 8.26. The van der Waals surface area contributed by atoms with Crippen LogP contribution in [0.5, 0.6) is 0 Å². The first-order valence-electron chi connectivity index (χ1n) is 2.60. The van der Waals surface area contributed by atoms with Gasteiger partial charge in [0.05, 0.1) is 6.07 Å². The summed E-state index contributed by atoms with van der Waals surface area (Å²) in [5.41, 5.74) is 0.691. The monoisotopic (exact) mass is 141 g/mol. The van der Waals surface area contributed by atoms with E-state index in [-0.39, 0.29) is 0 Å². The lowest BCUT2D eigenvalue weighted by atomic mass is 10.3. The molecule has 0 aromatic heterocycles. The zero-order chi connectivity index (χ0) is 7.11. The van der Waals surface area contributed by atoms with E-state index in [4.69, 9.17) is 16.9 Å². The number of nitriles is 1. The van der Waals surface area contributed by atoms with Crippen molar-refractivity contribution >= 4 is 11.6 Å². The third kappa shape index (κ3) is 5.13. The third-order valence-corrected chi connectivity index (χ3v) is 0.926. The van der Waals surface area contributed by atoms with Crippen molar-refractivity contribution in [1.82, 2.24) is 0 Å². The standard InChI is InChI=1S/C7H8ClN/c1-7(6-9)4-2-3-5-8/h2-4H,5H2,1H3/b3-2+,7-4+. The number of halogens is 1. The van der Waals surface area contributed by atoms with Crippen LogP contribution in [-0.4, -0.2) is 5.88 Å². The van der Waals surface area contributed by atoms with Crippen LogP contribution in [0.3, 0.4) is 0 Å². The Balaban J connectivity index is 3.72. The minimum Gasteiger partial charge on any atom is -0.193 e. The molecule has 0 radical (unpaired) electrons. The summed E-state index contributed by atoms with van der Waals surface area (Å²) in [4.78, 5) is 0. The van der Waals surface area contributed by atoms with Crippen molar-refractivity contribution < 1.29 is 0 Å². The van der Waals surface area contributed by atoms with Crippen LogP contribution in [0.2, 0.25) is 0 Å². The van der Waals surface area contributed by atoms with E-state index in [1.807, 2.05) is 6.07 Å². The van der Waals surface area contributed by atoms with Crippen LogP contribution in [0.25, 0.3) is 0 Å². The Bertz CT molecular complexity index is 162. The average Bonchev–Trinajstić information content (AvgIpc) is 1.89. The van der Waals surface area contributed by atoms with E-state index in [1.165, 1.54) is 0 Å². The van der Waals surface area contributed by atoms with Gasteiger partial charge in [0.2, 0.25) is 0 Å². The second-order valence-corrected chi connectivity index (χ2v) is 1.85. The Morgan fingerprint density at radius 3 is 2.89 bits per heavy atom. The van der Waals surface area contributed by atoms with Gasteiger partial charge in [0.1, 0.15) is 0 Å². The Morgan fingerprint density at radius 2 is 2.44 bits per heavy atom. The van der Waals surface area contributed by atoms with Crippen LogP contribution in [0.15, 0.2) is 23.8 Å². The molecule has 0 unspecified atom stereocenters. The van der Waals surface area contributed by atoms with Gasteiger partial charge in [0, 0.05) is 11.5 Å². The lowest BCUT2D eigenvalue weighted by Gasteiger charge is -1.76. The largest absolute Gasteiger partial charge is 0.193 e. The predicted octanol–water partition coefficient (Wildman–Crippen LogP) is 2.25. The molecular weight excluding hydrogens is 134 g/mol. The van der Waals surface area contributed by atoms with E-state index in [2.05, 4.69) is 0 Å². The van der Waals surface area contributed by atoms with Gasteiger partial charge in [-0.05, 0) is 13.0 Å². The van der Waals surface area contributed by atoms with E-state index in [1.54, 1.807) is 25.2 Å². The molecule has 48 valence electrons. The lowest BCUT2D eigenvalue weighted by Crippen LogP contribution is -1.64. The minimum atomic E-state index is 0.495. The molecule has 9 heavy (non-hydrogen) atoms. The molecular formula is C7H8ClN. The van der Waals surface area contributed by atoms with Gasteiger partial charge in [-0.25, -0.2) is 0 Å². The van der Waals surface area contributed by atoms with E-state index in [9.17, 15) is 0 Å². The molecule has 0 saturated carbocycles. The van der Waals surface area contributed by atoms with Gasteiger partial charge < -0.3 is 0 Å². The SMILES string of the molecule is C/C(C#N)=C\C=C\CCl. The third-order valence-electron chi connectivity index (χ3n) is 0.748. The van der Waals surface area contributed by atoms with E-state index in [0.29, 0.717) is 11.5 Å². The summed E-state index contributed by atoms with van der Waals surface area (Å²) in [6.07, 6.45) is 5.27. The van der Waals surface area contributed by atoms with E-state index in [0.717, 1.165) is 0 Å². The summed E-state index contributed by atoms with van der Waals surface area (Å²) < 4.78 is 0. The van der Waals surface area contributed by atoms with Crippen molar-refractivity contribution in [2.45, 2.75) is 6.92 Å². The smallest absolute Gasteiger partial charge is 0.0944 e. The zero-order valence-electron chi connectivity index (χ0n) is 5.26. The molecule has 0 atom stereocenters. The number of hydrogen-bond donors (Lipinski definition) is 0. The van der Waals surface area contributed by atoms with Crippen LogP contribution >= 0.6 is 11.6 Å². The average molecular weight is 142 g/mol. The molecule has 1 nitrogen and oxygen atoms in total. The molecule has 2 heteroatoms. The highest BCUT2D eigenvalue weighted by molar-refractivity contribution is 6.18. The van der Waals surface area contributed by atoms with Crippen molar-refractivity contribution in [3.8, 4) is 6.07 Å². The summed E-state index contributed by atoms with van der Waals surface area (Å²) >= 11 is 5.33. The fourth-order valence-corrected chi connectivity index (χ4v) is 0.404. The molecule has 0 aromatic carbocycles. The maximum atomic E-state index is 8.25. The second-order valence-electron chi connectivity index (χ2n) is 1.54. The van der Waals surface area contributed by atoms with Crippen LogP contribution in [0.4, 0.5) is 0 Å². The van der Waals surface area contributed by atoms with Crippen LogP contribution in [-0.2, 0) is 0 Å². The lowest BCUT2D eigenvalue weighted by molar-refractivity contribution is 1.44. The fraction of sp³-hybridized carbons (Fsp3) is 0.286. The van der Waals surface area contributed by atoms with Crippen LogP contribution in [0.1, 0.15) is 6.92 Å². The molecule has 0 bridgehead atoms. The maximum absolute atomic E-state index is 8.25. The van der Waals surface area contributed by atoms with Crippen LogP contribution < -0.4 is 0 Å². The number of hydrogen-bond acceptors (Lipinski definition) is 1. The number of nitrogens with zero attached hydrogens (tertiary/aromatic N) is 1. The Kier molecular flexibility index (Phi) is 4.95. The van der Waals surface area contributed by atoms with Crippen LogP contribution in [0, 0.1) is 11.3 Å². The zero-order valence-corrected chi connectivity index (χ0v) is 6.02. The Morgan fingerprint density at radius 1 is 1.78 bits per heavy atom. The Hall–Kier alpha value is -0.740. The van der Waals surface area contributed by atoms with Gasteiger partial charge >= 0.3 is 0 Å². The van der Waals surface area contributed by atoms with Crippen molar-refractivity contribution in [2.24, 2.45) is 0 Å². The molecule has 0 rings (SSSR count).